The minimum Gasteiger partial charge on any atom is -0.496 e. The van der Waals surface area contributed by atoms with Crippen LogP contribution < -0.4 is 21.1 Å². The van der Waals surface area contributed by atoms with Crippen molar-refractivity contribution >= 4 is 23.6 Å². The van der Waals surface area contributed by atoms with Gasteiger partial charge in [0.25, 0.3) is 0 Å². The van der Waals surface area contributed by atoms with Crippen LogP contribution in [0.3, 0.4) is 0 Å². The summed E-state index contributed by atoms with van der Waals surface area (Å²) >= 11 is 0. The van der Waals surface area contributed by atoms with Crippen molar-refractivity contribution in [3.05, 3.63) is 23.8 Å². The molecule has 0 bridgehead atoms. The number of nitrogens with two attached hydrogens (primary N) is 2. The van der Waals surface area contributed by atoms with E-state index < -0.39 is 11.6 Å². The molecule has 0 atom stereocenters. The molecule has 1 aromatic rings. The van der Waals surface area contributed by atoms with Gasteiger partial charge in [0.15, 0.2) is 0 Å². The zero-order valence-corrected chi connectivity index (χ0v) is 13.5. The van der Waals surface area contributed by atoms with Crippen LogP contribution in [0, 0.1) is 0 Å². The van der Waals surface area contributed by atoms with Gasteiger partial charge in [0.1, 0.15) is 17.0 Å². The molecule has 128 valence electrons. The van der Waals surface area contributed by atoms with Gasteiger partial charge in [-0.15, -0.1) is 0 Å². The Bertz CT molecular complexity index is 722. The van der Waals surface area contributed by atoms with Crippen LogP contribution in [0.15, 0.2) is 28.2 Å². The Morgan fingerprint density at radius 2 is 2.00 bits per heavy atom. The number of guanidine groups is 2. The van der Waals surface area contributed by atoms with Crippen LogP contribution in [0.1, 0.15) is 42.5 Å². The number of anilines is 1. The lowest BCUT2D eigenvalue weighted by molar-refractivity contribution is 0.0693. The molecule has 1 fully saturated rings. The van der Waals surface area contributed by atoms with Crippen molar-refractivity contribution in [2.24, 2.45) is 21.5 Å². The maximum absolute atomic E-state index is 11.3. The van der Waals surface area contributed by atoms with Crippen LogP contribution in [0.4, 0.5) is 5.69 Å². The predicted octanol–water partition coefficient (Wildman–Crippen LogP) is 1.50. The summed E-state index contributed by atoms with van der Waals surface area (Å²) in [4.78, 5) is 21.8. The zero-order valence-electron chi connectivity index (χ0n) is 13.5. The summed E-state index contributed by atoms with van der Waals surface area (Å²) in [6.07, 6.45) is 4.80. The summed E-state index contributed by atoms with van der Waals surface area (Å²) in [5.41, 5.74) is 12.2. The van der Waals surface area contributed by atoms with E-state index >= 15 is 0 Å². The first-order chi connectivity index (χ1) is 11.5. The molecular weight excluding hydrogens is 310 g/mol. The minimum absolute atomic E-state index is 0.0921. The molecule has 1 aliphatic carbocycles. The van der Waals surface area contributed by atoms with Gasteiger partial charge < -0.3 is 21.3 Å². The molecular formula is C16H21N5O3. The summed E-state index contributed by atoms with van der Waals surface area (Å²) in [6, 6.07) is 4.85. The van der Waals surface area contributed by atoms with Gasteiger partial charge >= 0.3 is 5.97 Å². The van der Waals surface area contributed by atoms with E-state index in [1.54, 1.807) is 12.1 Å². The normalized spacial score (nSPS) is 19.6. The molecule has 3 rings (SSSR count). The molecule has 0 saturated heterocycles. The van der Waals surface area contributed by atoms with Gasteiger partial charge in [-0.25, -0.2) is 9.79 Å². The van der Waals surface area contributed by atoms with E-state index in [1.165, 1.54) is 13.2 Å². The van der Waals surface area contributed by atoms with Gasteiger partial charge in [0.2, 0.25) is 11.9 Å². The molecule has 1 saturated carbocycles. The maximum Gasteiger partial charge on any atom is 0.339 e. The van der Waals surface area contributed by atoms with Gasteiger partial charge in [0.05, 0.1) is 7.11 Å². The molecule has 0 aromatic heterocycles. The molecule has 0 radical (unpaired) electrons. The Kier molecular flexibility index (Phi) is 4.04. The molecule has 1 aliphatic heterocycles. The number of ether oxygens (including phenoxy) is 1. The van der Waals surface area contributed by atoms with Crippen molar-refractivity contribution in [2.75, 3.05) is 12.0 Å². The molecule has 1 spiro atoms. The van der Waals surface area contributed by atoms with Gasteiger partial charge in [-0.3, -0.25) is 4.90 Å². The second kappa shape index (κ2) is 6.03. The van der Waals surface area contributed by atoms with Crippen molar-refractivity contribution in [2.45, 2.75) is 37.8 Å². The highest BCUT2D eigenvalue weighted by Gasteiger charge is 2.42. The fourth-order valence-corrected chi connectivity index (χ4v) is 3.49. The topological polar surface area (TPSA) is 127 Å². The van der Waals surface area contributed by atoms with Crippen molar-refractivity contribution in [3.8, 4) is 5.75 Å². The summed E-state index contributed by atoms with van der Waals surface area (Å²) < 4.78 is 5.22. The number of aliphatic imine (C=N–C) groups is 2. The smallest absolute Gasteiger partial charge is 0.339 e. The number of hydrogen-bond acceptors (Lipinski definition) is 7. The number of carboxylic acids is 1. The maximum atomic E-state index is 11.3. The van der Waals surface area contributed by atoms with Crippen LogP contribution in [0.2, 0.25) is 0 Å². The van der Waals surface area contributed by atoms with E-state index in [1.807, 2.05) is 4.90 Å². The molecule has 0 amide bonds. The fraction of sp³-hybridized carbons (Fsp3) is 0.438. The first kappa shape index (κ1) is 16.1. The molecule has 5 N–H and O–H groups in total. The van der Waals surface area contributed by atoms with Crippen LogP contribution in [-0.4, -0.2) is 35.8 Å². The Balaban J connectivity index is 2.08. The quantitative estimate of drug-likeness (QED) is 0.770. The lowest BCUT2D eigenvalue weighted by Crippen LogP contribution is -2.58. The number of aromatic carboxylic acids is 1. The lowest BCUT2D eigenvalue weighted by Gasteiger charge is -2.45. The van der Waals surface area contributed by atoms with Crippen molar-refractivity contribution in [3.63, 3.8) is 0 Å². The summed E-state index contributed by atoms with van der Waals surface area (Å²) in [5, 5.41) is 9.25. The standard InChI is InChI=1S/C16H21N5O3/c1-24-12-9-10(5-6-11(12)13(22)23)21-15(18)19-14(17)20-16(21)7-3-2-4-8-16/h5-6,9H,2-4,7-8H2,1H3,(H,22,23)(H4,17,18,19,20). The molecule has 8 heteroatoms. The monoisotopic (exact) mass is 331 g/mol. The largest absolute Gasteiger partial charge is 0.496 e. The number of rotatable bonds is 3. The zero-order chi connectivity index (χ0) is 17.3. The predicted molar refractivity (Wildman–Crippen MR) is 91.5 cm³/mol. The highest BCUT2D eigenvalue weighted by molar-refractivity contribution is 6.06. The third-order valence-corrected chi connectivity index (χ3v) is 4.53. The Labute approximate surface area is 139 Å². The summed E-state index contributed by atoms with van der Waals surface area (Å²) in [5.74, 6) is -0.344. The average molecular weight is 331 g/mol. The van der Waals surface area contributed by atoms with Crippen LogP contribution in [-0.2, 0) is 0 Å². The molecule has 1 aromatic carbocycles. The van der Waals surface area contributed by atoms with E-state index in [0.717, 1.165) is 32.1 Å². The Morgan fingerprint density at radius 3 is 2.62 bits per heavy atom. The van der Waals surface area contributed by atoms with E-state index in [2.05, 4.69) is 9.98 Å². The molecule has 1 heterocycles. The number of nitrogens with zero attached hydrogens (tertiary/aromatic N) is 3. The lowest BCUT2D eigenvalue weighted by atomic mass is 9.87. The van der Waals surface area contributed by atoms with Gasteiger partial charge in [-0.05, 0) is 37.8 Å². The number of benzene rings is 1. The van der Waals surface area contributed by atoms with Crippen LogP contribution >= 0.6 is 0 Å². The first-order valence-electron chi connectivity index (χ1n) is 7.88. The number of carbonyl (C=O) groups is 1. The molecule has 2 aliphatic rings. The fourth-order valence-electron chi connectivity index (χ4n) is 3.49. The minimum atomic E-state index is -1.05. The Morgan fingerprint density at radius 1 is 1.29 bits per heavy atom. The van der Waals surface area contributed by atoms with E-state index in [4.69, 9.17) is 16.2 Å². The van der Waals surface area contributed by atoms with Gasteiger partial charge in [-0.1, -0.05) is 6.42 Å². The molecule has 24 heavy (non-hydrogen) atoms. The SMILES string of the molecule is COc1cc(N2C(N)=NC(N)=NC23CCCCC3)ccc1C(=O)O. The average Bonchev–Trinajstić information content (AvgIpc) is 2.54. The van der Waals surface area contributed by atoms with E-state index in [-0.39, 0.29) is 23.2 Å². The number of methoxy groups -OCH3 is 1. The number of hydrogen-bond donors (Lipinski definition) is 3. The highest BCUT2D eigenvalue weighted by Crippen LogP contribution is 2.40. The third kappa shape index (κ3) is 2.64. The van der Waals surface area contributed by atoms with Crippen molar-refractivity contribution in [1.29, 1.82) is 0 Å². The number of carboxylic acid groups (broad SMARTS) is 1. The van der Waals surface area contributed by atoms with Crippen LogP contribution in [0.5, 0.6) is 5.75 Å². The second-order valence-electron chi connectivity index (χ2n) is 6.01. The van der Waals surface area contributed by atoms with E-state index in [0.29, 0.717) is 5.69 Å². The summed E-state index contributed by atoms with van der Waals surface area (Å²) in [6.45, 7) is 0. The second-order valence-corrected chi connectivity index (χ2v) is 6.01. The van der Waals surface area contributed by atoms with Gasteiger partial charge in [-0.2, -0.15) is 4.99 Å². The third-order valence-electron chi connectivity index (χ3n) is 4.53. The first-order valence-corrected chi connectivity index (χ1v) is 7.88. The van der Waals surface area contributed by atoms with Gasteiger partial charge in [0, 0.05) is 11.8 Å². The van der Waals surface area contributed by atoms with E-state index in [9.17, 15) is 9.90 Å². The summed E-state index contributed by atoms with van der Waals surface area (Å²) in [7, 11) is 1.44. The molecule has 8 nitrogen and oxygen atoms in total. The van der Waals surface area contributed by atoms with Crippen molar-refractivity contribution < 1.29 is 14.6 Å². The van der Waals surface area contributed by atoms with Crippen LogP contribution in [0.25, 0.3) is 0 Å². The Hall–Kier alpha value is -2.77. The highest BCUT2D eigenvalue weighted by atomic mass is 16.5. The molecule has 0 unspecified atom stereocenters. The van der Waals surface area contributed by atoms with Crippen molar-refractivity contribution in [1.82, 2.24) is 0 Å².